The van der Waals surface area contributed by atoms with Gasteiger partial charge in [0, 0.05) is 6.42 Å². The van der Waals surface area contributed by atoms with E-state index in [1.54, 1.807) is 29.2 Å². The Labute approximate surface area is 183 Å². The van der Waals surface area contributed by atoms with Crippen LogP contribution in [0.1, 0.15) is 6.42 Å². The Balaban J connectivity index is 1.57. The van der Waals surface area contributed by atoms with E-state index in [-0.39, 0.29) is 18.2 Å². The Hall–Kier alpha value is -3.09. The number of carbonyl (C=O) groups is 2. The fraction of sp³-hybridized carbons (Fsp3) is 0.0870. The van der Waals surface area contributed by atoms with Crippen molar-refractivity contribution < 1.29 is 9.59 Å². The first-order chi connectivity index (χ1) is 14.6. The number of hydrogen-bond acceptors (Lipinski definition) is 4. The highest BCUT2D eigenvalue weighted by atomic mass is 35.5. The maximum Gasteiger partial charge on any atom is 0.247 e. The lowest BCUT2D eigenvalue weighted by atomic mass is 10.2. The Kier molecular flexibility index (Phi) is 6.16. The number of nitrogens with one attached hydrogen (secondary N) is 1. The molecule has 0 spiro atoms. The van der Waals surface area contributed by atoms with Gasteiger partial charge in [0.15, 0.2) is 5.17 Å². The summed E-state index contributed by atoms with van der Waals surface area (Å²) in [6, 6.07) is 25.8. The first-order valence-electron chi connectivity index (χ1n) is 9.35. The van der Waals surface area contributed by atoms with Crippen LogP contribution < -0.4 is 10.2 Å². The summed E-state index contributed by atoms with van der Waals surface area (Å²) >= 11 is 7.41. The summed E-state index contributed by atoms with van der Waals surface area (Å²) in [5, 5.41) is 3.21. The van der Waals surface area contributed by atoms with Gasteiger partial charge in [0.05, 0.1) is 22.1 Å². The minimum atomic E-state index is -0.574. The molecule has 1 atom stereocenters. The van der Waals surface area contributed by atoms with Crippen LogP contribution >= 0.6 is 23.4 Å². The number of nitrogens with zero attached hydrogens (tertiary/aromatic N) is 2. The molecule has 1 aliphatic rings. The number of amidine groups is 1. The van der Waals surface area contributed by atoms with Crippen molar-refractivity contribution in [1.29, 1.82) is 0 Å². The average Bonchev–Trinajstić information content (AvgIpc) is 3.05. The Morgan fingerprint density at radius 1 is 0.967 bits per heavy atom. The van der Waals surface area contributed by atoms with Crippen LogP contribution in [0.5, 0.6) is 0 Å². The van der Waals surface area contributed by atoms with Gasteiger partial charge in [-0.15, -0.1) is 0 Å². The molecule has 1 fully saturated rings. The summed E-state index contributed by atoms with van der Waals surface area (Å²) in [7, 11) is 0. The number of rotatable bonds is 5. The molecule has 5 nitrogen and oxygen atoms in total. The molecule has 3 aromatic carbocycles. The number of thioether (sulfide) groups is 1. The van der Waals surface area contributed by atoms with Gasteiger partial charge in [0.2, 0.25) is 11.8 Å². The second kappa shape index (κ2) is 9.15. The monoisotopic (exact) mass is 435 g/mol. The Morgan fingerprint density at radius 3 is 2.30 bits per heavy atom. The quantitative estimate of drug-likeness (QED) is 0.575. The van der Waals surface area contributed by atoms with Crippen LogP contribution in [0.15, 0.2) is 89.9 Å². The fourth-order valence-electron chi connectivity index (χ4n) is 3.03. The minimum absolute atomic E-state index is 0.0197. The van der Waals surface area contributed by atoms with E-state index >= 15 is 0 Å². The minimum Gasteiger partial charge on any atom is -0.325 e. The van der Waals surface area contributed by atoms with Gasteiger partial charge in [-0.05, 0) is 36.4 Å². The molecule has 1 saturated heterocycles. The van der Waals surface area contributed by atoms with Crippen molar-refractivity contribution in [3.8, 4) is 0 Å². The standard InChI is InChI=1S/C23H18ClN3O2S/c24-18-13-7-8-14-19(18)26-21(28)15-20-22(29)27(17-11-5-2-6-12-17)23(30-20)25-16-9-3-1-4-10-16/h1-14,20H,15H2,(H,26,28). The third-order valence-electron chi connectivity index (χ3n) is 4.45. The molecule has 1 N–H and O–H groups in total. The van der Waals surface area contributed by atoms with Crippen molar-refractivity contribution in [2.24, 2.45) is 4.99 Å². The second-order valence-electron chi connectivity index (χ2n) is 6.58. The third kappa shape index (κ3) is 4.56. The Morgan fingerprint density at radius 2 is 1.60 bits per heavy atom. The van der Waals surface area contributed by atoms with E-state index in [0.717, 1.165) is 11.4 Å². The van der Waals surface area contributed by atoms with Crippen LogP contribution in [-0.2, 0) is 9.59 Å². The molecule has 1 aliphatic heterocycles. The van der Waals surface area contributed by atoms with Gasteiger partial charge in [-0.25, -0.2) is 4.99 Å². The number of benzene rings is 3. The largest absolute Gasteiger partial charge is 0.325 e. The summed E-state index contributed by atoms with van der Waals surface area (Å²) < 4.78 is 0. The predicted octanol–water partition coefficient (Wildman–Crippen LogP) is 5.50. The van der Waals surface area contributed by atoms with Crippen LogP contribution in [0.2, 0.25) is 5.02 Å². The molecule has 30 heavy (non-hydrogen) atoms. The first-order valence-corrected chi connectivity index (χ1v) is 10.6. The van der Waals surface area contributed by atoms with Gasteiger partial charge in [0.1, 0.15) is 5.25 Å². The first kappa shape index (κ1) is 20.2. The summed E-state index contributed by atoms with van der Waals surface area (Å²) in [6.45, 7) is 0. The van der Waals surface area contributed by atoms with Crippen molar-refractivity contribution in [2.75, 3.05) is 10.2 Å². The highest BCUT2D eigenvalue weighted by Gasteiger charge is 2.40. The van der Waals surface area contributed by atoms with Crippen LogP contribution in [0.3, 0.4) is 0 Å². The highest BCUT2D eigenvalue weighted by molar-refractivity contribution is 8.16. The van der Waals surface area contributed by atoms with E-state index in [9.17, 15) is 9.59 Å². The van der Waals surface area contributed by atoms with E-state index in [0.29, 0.717) is 15.9 Å². The normalized spacial score (nSPS) is 17.4. The molecule has 1 heterocycles. The molecule has 0 saturated carbocycles. The van der Waals surface area contributed by atoms with Crippen molar-refractivity contribution in [1.82, 2.24) is 0 Å². The molecular weight excluding hydrogens is 418 g/mol. The topological polar surface area (TPSA) is 61.8 Å². The lowest BCUT2D eigenvalue weighted by Crippen LogP contribution is -2.33. The van der Waals surface area contributed by atoms with Gasteiger partial charge in [-0.2, -0.15) is 0 Å². The van der Waals surface area contributed by atoms with Gasteiger partial charge >= 0.3 is 0 Å². The zero-order valence-electron chi connectivity index (χ0n) is 15.9. The van der Waals surface area contributed by atoms with Crippen LogP contribution in [0.25, 0.3) is 0 Å². The molecule has 0 aliphatic carbocycles. The van der Waals surface area contributed by atoms with Crippen molar-refractivity contribution in [2.45, 2.75) is 11.7 Å². The van der Waals surface area contributed by atoms with Gasteiger partial charge in [0.25, 0.3) is 0 Å². The SMILES string of the molecule is O=C(CC1SC(=Nc2ccccc2)N(c2ccccc2)C1=O)Nc1ccccc1Cl. The van der Waals surface area contributed by atoms with Crippen LogP contribution in [0.4, 0.5) is 17.1 Å². The Bertz CT molecular complexity index is 1090. The number of halogens is 1. The van der Waals surface area contributed by atoms with Crippen LogP contribution in [0, 0.1) is 0 Å². The van der Waals surface area contributed by atoms with E-state index in [2.05, 4.69) is 10.3 Å². The molecule has 1 unspecified atom stereocenters. The number of amides is 2. The second-order valence-corrected chi connectivity index (χ2v) is 8.15. The fourth-order valence-corrected chi connectivity index (χ4v) is 4.37. The van der Waals surface area contributed by atoms with Crippen LogP contribution in [-0.4, -0.2) is 22.2 Å². The number of anilines is 2. The van der Waals surface area contributed by atoms with Crippen molar-refractivity contribution >= 4 is 57.4 Å². The number of carbonyl (C=O) groups excluding carboxylic acids is 2. The highest BCUT2D eigenvalue weighted by Crippen LogP contribution is 2.35. The van der Waals surface area contributed by atoms with E-state index in [1.165, 1.54) is 11.8 Å². The maximum absolute atomic E-state index is 13.2. The van der Waals surface area contributed by atoms with E-state index in [4.69, 9.17) is 11.6 Å². The lowest BCUT2D eigenvalue weighted by Gasteiger charge is -2.16. The maximum atomic E-state index is 13.2. The van der Waals surface area contributed by atoms with Crippen molar-refractivity contribution in [3.05, 3.63) is 90.0 Å². The average molecular weight is 436 g/mol. The number of para-hydroxylation sites is 3. The molecule has 150 valence electrons. The summed E-state index contributed by atoms with van der Waals surface area (Å²) in [5.74, 6) is -0.446. The van der Waals surface area contributed by atoms with Gasteiger partial charge in [-0.3, -0.25) is 14.5 Å². The van der Waals surface area contributed by atoms with Crippen molar-refractivity contribution in [3.63, 3.8) is 0 Å². The van der Waals surface area contributed by atoms with Gasteiger partial charge < -0.3 is 5.32 Å². The summed E-state index contributed by atoms with van der Waals surface area (Å²) in [4.78, 5) is 32.0. The lowest BCUT2D eigenvalue weighted by molar-refractivity contribution is -0.121. The molecular formula is C23H18ClN3O2S. The smallest absolute Gasteiger partial charge is 0.247 e. The molecule has 4 rings (SSSR count). The van der Waals surface area contributed by atoms with Gasteiger partial charge in [-0.1, -0.05) is 71.9 Å². The zero-order valence-corrected chi connectivity index (χ0v) is 17.4. The van der Waals surface area contributed by atoms with E-state index in [1.807, 2.05) is 60.7 Å². The number of hydrogen-bond donors (Lipinski definition) is 1. The molecule has 0 radical (unpaired) electrons. The predicted molar refractivity (Wildman–Crippen MR) is 124 cm³/mol. The van der Waals surface area contributed by atoms with E-state index < -0.39 is 5.25 Å². The summed E-state index contributed by atoms with van der Waals surface area (Å²) in [5.41, 5.74) is 1.99. The number of aliphatic imine (C=N–C) groups is 1. The molecule has 3 aromatic rings. The molecule has 2 amide bonds. The molecule has 0 bridgehead atoms. The zero-order chi connectivity index (χ0) is 20.9. The third-order valence-corrected chi connectivity index (χ3v) is 5.92. The molecule has 0 aromatic heterocycles. The molecule has 7 heteroatoms. The summed E-state index contributed by atoms with van der Waals surface area (Å²) in [6.07, 6.45) is 0.0197.